The predicted octanol–water partition coefficient (Wildman–Crippen LogP) is 0.640. The number of carbonyl (C=O) groups is 1. The van der Waals surface area contributed by atoms with Crippen LogP contribution in [0.15, 0.2) is 23.1 Å². The van der Waals surface area contributed by atoms with Crippen molar-refractivity contribution in [3.63, 3.8) is 0 Å². The normalized spacial score (nSPS) is 21.3. The number of benzene rings is 1. The number of amides is 1. The lowest BCUT2D eigenvalue weighted by Crippen LogP contribution is -3.19. The minimum Gasteiger partial charge on any atom is -0.348 e. The lowest BCUT2D eigenvalue weighted by Gasteiger charge is -2.34. The molecule has 0 spiro atoms. The van der Waals surface area contributed by atoms with Gasteiger partial charge in [0, 0.05) is 6.04 Å². The van der Waals surface area contributed by atoms with Gasteiger partial charge in [0.2, 0.25) is 10.0 Å². The van der Waals surface area contributed by atoms with Gasteiger partial charge in [0.1, 0.15) is 0 Å². The molecule has 1 aliphatic heterocycles. The quantitative estimate of drug-likeness (QED) is 0.770. The predicted molar refractivity (Wildman–Crippen MR) is 105 cm³/mol. The van der Waals surface area contributed by atoms with Crippen LogP contribution in [0.4, 0.5) is 0 Å². The number of carbonyl (C=O) groups excluding carboxylic acids is 1. The third kappa shape index (κ3) is 4.52. The second-order valence-electron chi connectivity index (χ2n) is 8.02. The number of hydrogen-bond acceptors (Lipinski definition) is 3. The fourth-order valence-electron chi connectivity index (χ4n) is 4.05. The Morgan fingerprint density at radius 3 is 2.37 bits per heavy atom. The van der Waals surface area contributed by atoms with Crippen LogP contribution >= 0.6 is 0 Å². The second-order valence-corrected chi connectivity index (χ2v) is 9.96. The van der Waals surface area contributed by atoms with Gasteiger partial charge in [-0.1, -0.05) is 18.9 Å². The van der Waals surface area contributed by atoms with Gasteiger partial charge in [-0.05, 0) is 56.9 Å². The zero-order chi connectivity index (χ0) is 19.6. The molecule has 150 valence electrons. The molecule has 2 fully saturated rings. The topological polar surface area (TPSA) is 70.9 Å². The van der Waals surface area contributed by atoms with E-state index in [2.05, 4.69) is 5.32 Å². The first-order valence-corrected chi connectivity index (χ1v) is 11.5. The second kappa shape index (κ2) is 8.29. The number of aryl methyl sites for hydroxylation is 2. The minimum atomic E-state index is -3.47. The molecule has 0 bridgehead atoms. The van der Waals surface area contributed by atoms with E-state index in [1.807, 2.05) is 26.8 Å². The molecular weight excluding hydrogens is 362 g/mol. The number of piperazine rings is 1. The number of hydrogen-bond donors (Lipinski definition) is 2. The molecule has 1 saturated carbocycles. The first-order valence-electron chi connectivity index (χ1n) is 10.0. The van der Waals surface area contributed by atoms with Crippen LogP contribution in [0.3, 0.4) is 0 Å². The van der Waals surface area contributed by atoms with E-state index < -0.39 is 10.0 Å². The number of sulfonamides is 1. The standard InChI is InChI=1S/C20H31N3O3S/c1-15-8-9-19(14-16(15)2)27(25,26)23-12-10-22(11-13-23)17(3)20(24)21-18-6-4-5-7-18/h8-9,14,17-18H,4-7,10-13H2,1-3H3,(H,21,24)/p+1/t17-/m0/s1. The van der Waals surface area contributed by atoms with Gasteiger partial charge in [0.25, 0.3) is 5.91 Å². The third-order valence-corrected chi connectivity index (χ3v) is 8.08. The van der Waals surface area contributed by atoms with Gasteiger partial charge >= 0.3 is 0 Å². The molecule has 7 heteroatoms. The van der Waals surface area contributed by atoms with E-state index in [4.69, 9.17) is 0 Å². The molecule has 1 saturated heterocycles. The zero-order valence-electron chi connectivity index (χ0n) is 16.6. The number of quaternary nitrogens is 1. The minimum absolute atomic E-state index is 0.0994. The number of nitrogens with one attached hydrogen (secondary N) is 2. The summed E-state index contributed by atoms with van der Waals surface area (Å²) in [6.07, 6.45) is 4.55. The summed E-state index contributed by atoms with van der Waals surface area (Å²) in [7, 11) is -3.47. The van der Waals surface area contributed by atoms with Crippen LogP contribution in [0.25, 0.3) is 0 Å². The maximum atomic E-state index is 12.9. The Morgan fingerprint density at radius 1 is 1.15 bits per heavy atom. The van der Waals surface area contributed by atoms with Crippen molar-refractivity contribution in [1.82, 2.24) is 9.62 Å². The molecule has 27 heavy (non-hydrogen) atoms. The van der Waals surface area contributed by atoms with Crippen LogP contribution in [0, 0.1) is 13.8 Å². The highest BCUT2D eigenvalue weighted by Crippen LogP contribution is 2.19. The van der Waals surface area contributed by atoms with E-state index in [1.165, 1.54) is 12.8 Å². The average Bonchev–Trinajstić information content (AvgIpc) is 3.16. The molecule has 1 amide bonds. The lowest BCUT2D eigenvalue weighted by molar-refractivity contribution is -0.917. The molecule has 0 unspecified atom stereocenters. The lowest BCUT2D eigenvalue weighted by atomic mass is 10.1. The molecule has 0 aromatic heterocycles. The number of rotatable bonds is 5. The highest BCUT2D eigenvalue weighted by molar-refractivity contribution is 7.89. The summed E-state index contributed by atoms with van der Waals surface area (Å²) in [5.41, 5.74) is 2.07. The average molecular weight is 395 g/mol. The molecular formula is C20H32N3O3S+. The van der Waals surface area contributed by atoms with Crippen molar-refractivity contribution in [3.8, 4) is 0 Å². The van der Waals surface area contributed by atoms with Crippen LogP contribution in [0.5, 0.6) is 0 Å². The van der Waals surface area contributed by atoms with Crippen LogP contribution < -0.4 is 10.2 Å². The van der Waals surface area contributed by atoms with Crippen molar-refractivity contribution >= 4 is 15.9 Å². The zero-order valence-corrected chi connectivity index (χ0v) is 17.4. The molecule has 1 atom stereocenters. The highest BCUT2D eigenvalue weighted by atomic mass is 32.2. The van der Waals surface area contributed by atoms with E-state index in [0.29, 0.717) is 37.1 Å². The van der Waals surface area contributed by atoms with Gasteiger partial charge in [0.05, 0.1) is 31.1 Å². The van der Waals surface area contributed by atoms with Crippen molar-refractivity contribution in [2.45, 2.75) is 63.4 Å². The van der Waals surface area contributed by atoms with Gasteiger partial charge in [-0.25, -0.2) is 8.42 Å². The summed E-state index contributed by atoms with van der Waals surface area (Å²) < 4.78 is 27.4. The van der Waals surface area contributed by atoms with Gasteiger partial charge < -0.3 is 10.2 Å². The molecule has 3 rings (SSSR count). The van der Waals surface area contributed by atoms with Crippen molar-refractivity contribution in [3.05, 3.63) is 29.3 Å². The maximum Gasteiger partial charge on any atom is 0.278 e. The summed E-state index contributed by atoms with van der Waals surface area (Å²) in [5, 5.41) is 3.16. The smallest absolute Gasteiger partial charge is 0.278 e. The summed E-state index contributed by atoms with van der Waals surface area (Å²) in [4.78, 5) is 14.0. The Kier molecular flexibility index (Phi) is 6.23. The molecule has 0 radical (unpaired) electrons. The van der Waals surface area contributed by atoms with E-state index in [9.17, 15) is 13.2 Å². The highest BCUT2D eigenvalue weighted by Gasteiger charge is 2.35. The van der Waals surface area contributed by atoms with Crippen LogP contribution in [0.1, 0.15) is 43.7 Å². The Labute approximate surface area is 163 Å². The van der Waals surface area contributed by atoms with Crippen molar-refractivity contribution in [2.75, 3.05) is 26.2 Å². The van der Waals surface area contributed by atoms with Crippen molar-refractivity contribution in [1.29, 1.82) is 0 Å². The third-order valence-electron chi connectivity index (χ3n) is 6.19. The molecule has 2 N–H and O–H groups in total. The van der Waals surface area contributed by atoms with E-state index in [-0.39, 0.29) is 11.9 Å². The molecule has 2 aliphatic rings. The van der Waals surface area contributed by atoms with E-state index >= 15 is 0 Å². The van der Waals surface area contributed by atoms with Crippen LogP contribution in [-0.4, -0.2) is 56.9 Å². The van der Waals surface area contributed by atoms with Gasteiger partial charge in [0.15, 0.2) is 6.04 Å². The van der Waals surface area contributed by atoms with Gasteiger partial charge in [-0.15, -0.1) is 0 Å². The SMILES string of the molecule is Cc1ccc(S(=O)(=O)N2CC[NH+]([C@@H](C)C(=O)NC3CCCC3)CC2)cc1C. The van der Waals surface area contributed by atoms with Crippen molar-refractivity contribution < 1.29 is 18.1 Å². The fourth-order valence-corrected chi connectivity index (χ4v) is 5.58. The fraction of sp³-hybridized carbons (Fsp3) is 0.650. The summed E-state index contributed by atoms with van der Waals surface area (Å²) >= 11 is 0. The van der Waals surface area contributed by atoms with Gasteiger partial charge in [-0.2, -0.15) is 4.31 Å². The molecule has 1 aliphatic carbocycles. The largest absolute Gasteiger partial charge is 0.348 e. The maximum absolute atomic E-state index is 12.9. The summed E-state index contributed by atoms with van der Waals surface area (Å²) in [6.45, 7) is 8.07. The first kappa shape index (κ1) is 20.3. The molecule has 1 aromatic rings. The molecule has 6 nitrogen and oxygen atoms in total. The Bertz CT molecular complexity index is 780. The van der Waals surface area contributed by atoms with Crippen molar-refractivity contribution in [2.24, 2.45) is 0 Å². The first-order chi connectivity index (χ1) is 12.8. The van der Waals surface area contributed by atoms with Crippen LogP contribution in [-0.2, 0) is 14.8 Å². The van der Waals surface area contributed by atoms with Gasteiger partial charge in [-0.3, -0.25) is 4.79 Å². The Hall–Kier alpha value is -1.44. The molecule has 1 heterocycles. The number of nitrogens with zero attached hydrogens (tertiary/aromatic N) is 1. The molecule has 1 aromatic carbocycles. The van der Waals surface area contributed by atoms with E-state index in [0.717, 1.165) is 28.9 Å². The summed E-state index contributed by atoms with van der Waals surface area (Å²) in [5.74, 6) is 0.0994. The summed E-state index contributed by atoms with van der Waals surface area (Å²) in [6, 6.07) is 5.48. The Balaban J connectivity index is 1.58. The van der Waals surface area contributed by atoms with Crippen LogP contribution in [0.2, 0.25) is 0 Å². The Morgan fingerprint density at radius 2 is 1.78 bits per heavy atom. The monoisotopic (exact) mass is 394 g/mol. The van der Waals surface area contributed by atoms with E-state index in [1.54, 1.807) is 16.4 Å².